The fourth-order valence-electron chi connectivity index (χ4n) is 2.50. The molecule has 1 saturated heterocycles. The number of carbonyl (C=O) groups excluding carboxylic acids is 2. The number of hydrogen-bond donors (Lipinski definition) is 0. The summed E-state index contributed by atoms with van der Waals surface area (Å²) in [7, 11) is 1.40. The van der Waals surface area contributed by atoms with Crippen molar-refractivity contribution in [2.75, 3.05) is 13.7 Å². The molecule has 1 fully saturated rings. The molecule has 0 aromatic carbocycles. The van der Waals surface area contributed by atoms with Gasteiger partial charge in [-0.2, -0.15) is 0 Å². The first-order valence-electron chi connectivity index (χ1n) is 7.91. The number of likely N-dealkylation sites (tertiary alicyclic amines) is 1. The maximum Gasteiger partial charge on any atom is 0.410 e. The molecule has 1 heterocycles. The topological polar surface area (TPSA) is 55.8 Å². The molecule has 2 atom stereocenters. The molecular formula is C17H29NO4. The van der Waals surface area contributed by atoms with Crippen molar-refractivity contribution in [1.29, 1.82) is 0 Å². The lowest BCUT2D eigenvalue weighted by Crippen LogP contribution is -2.39. The van der Waals surface area contributed by atoms with Crippen LogP contribution in [-0.4, -0.2) is 42.3 Å². The third-order valence-electron chi connectivity index (χ3n) is 3.66. The van der Waals surface area contributed by atoms with Gasteiger partial charge >= 0.3 is 12.1 Å². The molecular weight excluding hydrogens is 282 g/mol. The summed E-state index contributed by atoms with van der Waals surface area (Å²) in [6.07, 6.45) is 5.35. The van der Waals surface area contributed by atoms with Crippen LogP contribution in [0.1, 0.15) is 47.5 Å². The molecule has 0 N–H and O–H groups in total. The lowest BCUT2D eigenvalue weighted by molar-refractivity contribution is -0.145. The molecule has 0 aromatic rings. The van der Waals surface area contributed by atoms with Crippen molar-refractivity contribution in [2.45, 2.75) is 59.1 Å². The summed E-state index contributed by atoms with van der Waals surface area (Å²) in [5.41, 5.74) is -0.500. The molecule has 0 aromatic heterocycles. The molecule has 126 valence electrons. The van der Waals surface area contributed by atoms with Gasteiger partial charge < -0.3 is 14.4 Å². The molecule has 0 unspecified atom stereocenters. The molecule has 1 aliphatic rings. The van der Waals surface area contributed by atoms with Crippen LogP contribution in [0.15, 0.2) is 12.2 Å². The summed E-state index contributed by atoms with van der Waals surface area (Å²) >= 11 is 0. The minimum atomic E-state index is -0.500. The number of hydrogen-bond acceptors (Lipinski definition) is 4. The molecule has 1 rings (SSSR count). The summed E-state index contributed by atoms with van der Waals surface area (Å²) in [4.78, 5) is 25.7. The lowest BCUT2D eigenvalue weighted by atomic mass is 9.94. The third kappa shape index (κ3) is 5.35. The second-order valence-electron chi connectivity index (χ2n) is 7.06. The van der Waals surface area contributed by atoms with Crippen molar-refractivity contribution in [3.8, 4) is 0 Å². The van der Waals surface area contributed by atoms with Gasteiger partial charge in [-0.25, -0.2) is 4.79 Å². The van der Waals surface area contributed by atoms with Gasteiger partial charge in [0.05, 0.1) is 19.1 Å². The fourth-order valence-corrected chi connectivity index (χ4v) is 2.50. The van der Waals surface area contributed by atoms with E-state index in [0.29, 0.717) is 6.54 Å². The van der Waals surface area contributed by atoms with Crippen LogP contribution in [0, 0.1) is 11.8 Å². The van der Waals surface area contributed by atoms with Gasteiger partial charge in [0.25, 0.3) is 0 Å². The Morgan fingerprint density at radius 3 is 2.41 bits per heavy atom. The van der Waals surface area contributed by atoms with Crippen LogP contribution in [0.4, 0.5) is 4.79 Å². The van der Waals surface area contributed by atoms with E-state index in [4.69, 9.17) is 9.47 Å². The molecule has 0 saturated carbocycles. The van der Waals surface area contributed by atoms with E-state index in [1.54, 1.807) is 4.90 Å². The van der Waals surface area contributed by atoms with Crippen molar-refractivity contribution in [2.24, 2.45) is 11.8 Å². The van der Waals surface area contributed by atoms with Gasteiger partial charge in [-0.3, -0.25) is 4.79 Å². The van der Waals surface area contributed by atoms with Gasteiger partial charge in [0.1, 0.15) is 5.60 Å². The quantitative estimate of drug-likeness (QED) is 0.590. The summed E-state index contributed by atoms with van der Waals surface area (Å²) in [5, 5.41) is 0. The Balaban J connectivity index is 2.76. The molecule has 0 radical (unpaired) electrons. The van der Waals surface area contributed by atoms with E-state index in [0.717, 1.165) is 12.8 Å². The number of esters is 1. The molecule has 0 spiro atoms. The second kappa shape index (κ2) is 7.65. The van der Waals surface area contributed by atoms with Gasteiger partial charge in [-0.15, -0.1) is 0 Å². The highest BCUT2D eigenvalue weighted by Gasteiger charge is 2.31. The van der Waals surface area contributed by atoms with E-state index < -0.39 is 5.60 Å². The van der Waals surface area contributed by atoms with Gasteiger partial charge in [-0.05, 0) is 39.5 Å². The normalized spacial score (nSPS) is 20.5. The number of amides is 1. The first kappa shape index (κ1) is 18.5. The Labute approximate surface area is 133 Å². The molecule has 22 heavy (non-hydrogen) atoms. The Bertz CT molecular complexity index is 423. The molecule has 0 bridgehead atoms. The zero-order valence-corrected chi connectivity index (χ0v) is 14.6. The summed E-state index contributed by atoms with van der Waals surface area (Å²) in [6.45, 7) is 10.2. The first-order valence-corrected chi connectivity index (χ1v) is 7.91. The van der Waals surface area contributed by atoms with Crippen molar-refractivity contribution >= 4 is 12.1 Å². The molecule has 5 heteroatoms. The Kier molecular flexibility index (Phi) is 6.45. The predicted octanol–water partition coefficient (Wildman–Crippen LogP) is 3.39. The Morgan fingerprint density at radius 1 is 1.27 bits per heavy atom. The molecule has 5 nitrogen and oxygen atoms in total. The minimum Gasteiger partial charge on any atom is -0.469 e. The zero-order valence-electron chi connectivity index (χ0n) is 14.6. The largest absolute Gasteiger partial charge is 0.469 e. The van der Waals surface area contributed by atoms with E-state index in [1.165, 1.54) is 7.11 Å². The minimum absolute atomic E-state index is 0.0132. The maximum atomic E-state index is 12.2. The van der Waals surface area contributed by atoms with Crippen LogP contribution in [0.2, 0.25) is 0 Å². The number of rotatable bonds is 4. The van der Waals surface area contributed by atoms with E-state index >= 15 is 0 Å². The molecule has 0 aliphatic carbocycles. The predicted molar refractivity (Wildman–Crippen MR) is 85.4 cm³/mol. The van der Waals surface area contributed by atoms with Crippen molar-refractivity contribution < 1.29 is 19.1 Å². The average molecular weight is 311 g/mol. The average Bonchev–Trinajstić information content (AvgIpc) is 2.84. The third-order valence-corrected chi connectivity index (χ3v) is 3.66. The van der Waals surface area contributed by atoms with E-state index in [2.05, 4.69) is 0 Å². The highest BCUT2D eigenvalue weighted by atomic mass is 16.6. The van der Waals surface area contributed by atoms with Crippen LogP contribution in [0.5, 0.6) is 0 Å². The Morgan fingerprint density at radius 2 is 1.91 bits per heavy atom. The van der Waals surface area contributed by atoms with E-state index in [1.807, 2.05) is 46.8 Å². The van der Waals surface area contributed by atoms with E-state index in [-0.39, 0.29) is 29.9 Å². The van der Waals surface area contributed by atoms with Gasteiger partial charge in [0.2, 0.25) is 0 Å². The number of ether oxygens (including phenoxy) is 2. The van der Waals surface area contributed by atoms with Gasteiger partial charge in [0, 0.05) is 6.54 Å². The summed E-state index contributed by atoms with van der Waals surface area (Å²) in [6, 6.07) is -0.0132. The maximum absolute atomic E-state index is 12.2. The highest BCUT2D eigenvalue weighted by Crippen LogP contribution is 2.23. The Hall–Kier alpha value is -1.52. The second-order valence-corrected chi connectivity index (χ2v) is 7.06. The molecule has 1 amide bonds. The zero-order chi connectivity index (χ0) is 16.9. The monoisotopic (exact) mass is 311 g/mol. The van der Waals surface area contributed by atoms with Crippen LogP contribution in [0.3, 0.4) is 0 Å². The standard InChI is InChI=1S/C17H29NO4/c1-12(2)14(15(19)21-6)10-9-13-8-7-11-18(13)16(20)22-17(3,4)5/h9-10,12-14H,7-8,11H2,1-6H3/b10-9+/t13-,14+/m0/s1. The SMILES string of the molecule is COC(=O)[C@H](/C=C/[C@@H]1CCCN1C(=O)OC(C)(C)C)C(C)C. The van der Waals surface area contributed by atoms with Crippen LogP contribution >= 0.6 is 0 Å². The van der Waals surface area contributed by atoms with Gasteiger partial charge in [-0.1, -0.05) is 26.0 Å². The molecule has 1 aliphatic heterocycles. The van der Waals surface area contributed by atoms with Crippen molar-refractivity contribution in [3.05, 3.63) is 12.2 Å². The van der Waals surface area contributed by atoms with Crippen LogP contribution < -0.4 is 0 Å². The fraction of sp³-hybridized carbons (Fsp3) is 0.765. The van der Waals surface area contributed by atoms with Crippen LogP contribution in [-0.2, 0) is 14.3 Å². The van der Waals surface area contributed by atoms with Gasteiger partial charge in [0.15, 0.2) is 0 Å². The van der Waals surface area contributed by atoms with Crippen molar-refractivity contribution in [3.63, 3.8) is 0 Å². The lowest BCUT2D eigenvalue weighted by Gasteiger charge is -2.27. The van der Waals surface area contributed by atoms with Crippen molar-refractivity contribution in [1.82, 2.24) is 4.90 Å². The van der Waals surface area contributed by atoms with E-state index in [9.17, 15) is 9.59 Å². The first-order chi connectivity index (χ1) is 10.2. The highest BCUT2D eigenvalue weighted by molar-refractivity contribution is 5.74. The van der Waals surface area contributed by atoms with Crippen LogP contribution in [0.25, 0.3) is 0 Å². The number of carbonyl (C=O) groups is 2. The summed E-state index contributed by atoms with van der Waals surface area (Å²) < 4.78 is 10.3. The summed E-state index contributed by atoms with van der Waals surface area (Å²) in [5.74, 6) is -0.376. The smallest absolute Gasteiger partial charge is 0.410 e. The number of nitrogens with zero attached hydrogens (tertiary/aromatic N) is 1. The number of methoxy groups -OCH3 is 1.